The number of benzene rings is 2. The van der Waals surface area contributed by atoms with Gasteiger partial charge in [-0.25, -0.2) is 8.42 Å². The first-order valence-corrected chi connectivity index (χ1v) is 9.86. The fraction of sp³-hybridized carbons (Fsp3) is 0.167. The van der Waals surface area contributed by atoms with Crippen molar-refractivity contribution in [3.8, 4) is 5.75 Å². The maximum atomic E-state index is 13.2. The number of aromatic hydroxyl groups is 1. The van der Waals surface area contributed by atoms with Crippen molar-refractivity contribution in [2.75, 3.05) is 7.05 Å². The maximum absolute atomic E-state index is 13.2. The molecule has 0 aliphatic carbocycles. The highest BCUT2D eigenvalue weighted by Crippen LogP contribution is 2.37. The Labute approximate surface area is 155 Å². The molecule has 25 heavy (non-hydrogen) atoms. The largest absolute Gasteiger partial charge is 0.505 e. The molecule has 7 heteroatoms. The van der Waals surface area contributed by atoms with E-state index >= 15 is 0 Å². The summed E-state index contributed by atoms with van der Waals surface area (Å²) in [5.74, 6) is -0.0756. The molecule has 130 valence electrons. The molecule has 2 aromatic carbocycles. The van der Waals surface area contributed by atoms with E-state index in [9.17, 15) is 13.5 Å². The van der Waals surface area contributed by atoms with Gasteiger partial charge in [0.05, 0.1) is 9.37 Å². The molecule has 0 saturated carbocycles. The molecule has 1 N–H and O–H groups in total. The molecular formula is C18H17BrN2O3S. The van der Waals surface area contributed by atoms with Crippen molar-refractivity contribution in [2.24, 2.45) is 0 Å². The van der Waals surface area contributed by atoms with Crippen molar-refractivity contribution in [2.45, 2.75) is 17.9 Å². The molecule has 0 spiro atoms. The minimum Gasteiger partial charge on any atom is -0.505 e. The van der Waals surface area contributed by atoms with Crippen LogP contribution in [0.5, 0.6) is 5.75 Å². The number of hydrogen-bond acceptors (Lipinski definition) is 4. The highest BCUT2D eigenvalue weighted by Gasteiger charge is 2.29. The van der Waals surface area contributed by atoms with Crippen LogP contribution < -0.4 is 0 Å². The van der Waals surface area contributed by atoms with Crippen LogP contribution in [0, 0.1) is 0 Å². The van der Waals surface area contributed by atoms with E-state index < -0.39 is 10.0 Å². The fourth-order valence-corrected chi connectivity index (χ4v) is 4.81. The number of pyridine rings is 1. The number of halogens is 1. The van der Waals surface area contributed by atoms with E-state index in [-0.39, 0.29) is 26.7 Å². The zero-order valence-electron chi connectivity index (χ0n) is 13.7. The van der Waals surface area contributed by atoms with Gasteiger partial charge in [-0.2, -0.15) is 4.31 Å². The zero-order valence-corrected chi connectivity index (χ0v) is 16.1. The summed E-state index contributed by atoms with van der Waals surface area (Å²) in [5, 5.41) is 10.5. The molecule has 3 rings (SSSR count). The van der Waals surface area contributed by atoms with Crippen LogP contribution >= 0.6 is 15.9 Å². The Morgan fingerprint density at radius 1 is 1.16 bits per heavy atom. The van der Waals surface area contributed by atoms with Crippen molar-refractivity contribution in [3.05, 3.63) is 64.8 Å². The highest BCUT2D eigenvalue weighted by atomic mass is 79.9. The van der Waals surface area contributed by atoms with Crippen LogP contribution in [0.25, 0.3) is 10.9 Å². The Morgan fingerprint density at radius 2 is 1.84 bits per heavy atom. The second-order valence-corrected chi connectivity index (χ2v) is 8.53. The molecule has 1 aromatic heterocycles. The Hall–Kier alpha value is -1.96. The van der Waals surface area contributed by atoms with Gasteiger partial charge in [-0.05, 0) is 46.6 Å². The van der Waals surface area contributed by atoms with Gasteiger partial charge in [0, 0.05) is 24.7 Å². The van der Waals surface area contributed by atoms with Gasteiger partial charge in [0.2, 0.25) is 10.0 Å². The van der Waals surface area contributed by atoms with Crippen LogP contribution in [0.2, 0.25) is 0 Å². The monoisotopic (exact) mass is 420 g/mol. The minimum atomic E-state index is -3.80. The molecule has 0 radical (unpaired) electrons. The Bertz CT molecular complexity index is 1020. The maximum Gasteiger partial charge on any atom is 0.244 e. The predicted octanol–water partition coefficient (Wildman–Crippen LogP) is 4.08. The highest BCUT2D eigenvalue weighted by molar-refractivity contribution is 9.10. The smallest absolute Gasteiger partial charge is 0.244 e. The van der Waals surface area contributed by atoms with Crippen LogP contribution in [0.3, 0.4) is 0 Å². The van der Waals surface area contributed by atoms with Crippen molar-refractivity contribution < 1.29 is 13.5 Å². The first kappa shape index (κ1) is 17.8. The molecule has 0 fully saturated rings. The fourth-order valence-electron chi connectivity index (χ4n) is 2.69. The van der Waals surface area contributed by atoms with E-state index in [1.807, 2.05) is 37.3 Å². The molecule has 0 aliphatic heterocycles. The van der Waals surface area contributed by atoms with Gasteiger partial charge in [0.25, 0.3) is 0 Å². The van der Waals surface area contributed by atoms with Gasteiger partial charge < -0.3 is 5.11 Å². The lowest BCUT2D eigenvalue weighted by molar-refractivity contribution is 0.399. The summed E-state index contributed by atoms with van der Waals surface area (Å²) in [5.41, 5.74) is 1.14. The van der Waals surface area contributed by atoms with Crippen LogP contribution in [-0.4, -0.2) is 29.9 Å². The Kier molecular flexibility index (Phi) is 4.81. The summed E-state index contributed by atoms with van der Waals surface area (Å²) >= 11 is 3.22. The molecule has 0 aliphatic rings. The normalized spacial score (nSPS) is 13.3. The second kappa shape index (κ2) is 6.74. The van der Waals surface area contributed by atoms with E-state index in [1.54, 1.807) is 19.2 Å². The number of rotatable bonds is 4. The van der Waals surface area contributed by atoms with Gasteiger partial charge in [0.15, 0.2) is 5.75 Å². The number of sulfonamides is 1. The first-order chi connectivity index (χ1) is 11.8. The lowest BCUT2D eigenvalue weighted by atomic mass is 10.1. The summed E-state index contributed by atoms with van der Waals surface area (Å²) in [7, 11) is -2.25. The molecule has 3 aromatic rings. The molecule has 5 nitrogen and oxygen atoms in total. The quantitative estimate of drug-likeness (QED) is 0.689. The van der Waals surface area contributed by atoms with Crippen molar-refractivity contribution in [1.82, 2.24) is 9.29 Å². The second-order valence-electron chi connectivity index (χ2n) is 5.71. The zero-order chi connectivity index (χ0) is 18.2. The van der Waals surface area contributed by atoms with Gasteiger partial charge in [-0.1, -0.05) is 30.3 Å². The molecule has 0 saturated heterocycles. The average Bonchev–Trinajstić information content (AvgIpc) is 2.64. The van der Waals surface area contributed by atoms with E-state index in [0.717, 1.165) is 5.56 Å². The van der Waals surface area contributed by atoms with Crippen molar-refractivity contribution in [1.29, 1.82) is 0 Å². The number of phenols is 1. The summed E-state index contributed by atoms with van der Waals surface area (Å²) in [4.78, 5) is 4.22. The van der Waals surface area contributed by atoms with Gasteiger partial charge >= 0.3 is 0 Å². The van der Waals surface area contributed by atoms with Gasteiger partial charge in [-0.15, -0.1) is 0 Å². The Balaban J connectivity index is 2.15. The summed E-state index contributed by atoms with van der Waals surface area (Å²) < 4.78 is 28.1. The standard InChI is InChI=1S/C18H17BrN2O3S/c1-12(13-7-4-3-5-8-13)21(2)25(23,24)16-11-15(19)18(22)17-14(16)9-6-10-20-17/h3-12,22H,1-2H3. The lowest BCUT2D eigenvalue weighted by Crippen LogP contribution is -2.30. The third-order valence-corrected chi connectivity index (χ3v) is 6.84. The SMILES string of the molecule is CC(c1ccccc1)N(C)S(=O)(=O)c1cc(Br)c(O)c2ncccc12. The van der Waals surface area contributed by atoms with E-state index in [0.29, 0.717) is 5.39 Å². The number of phenolic OH excluding ortho intramolecular Hbond substituents is 1. The molecular weight excluding hydrogens is 404 g/mol. The van der Waals surface area contributed by atoms with E-state index in [1.165, 1.54) is 16.6 Å². The first-order valence-electron chi connectivity index (χ1n) is 7.63. The molecule has 1 atom stereocenters. The van der Waals surface area contributed by atoms with Crippen LogP contribution in [-0.2, 0) is 10.0 Å². The van der Waals surface area contributed by atoms with E-state index in [4.69, 9.17) is 0 Å². The average molecular weight is 421 g/mol. The summed E-state index contributed by atoms with van der Waals surface area (Å²) in [6.45, 7) is 1.84. The number of nitrogens with zero attached hydrogens (tertiary/aromatic N) is 2. The number of hydrogen-bond donors (Lipinski definition) is 1. The number of aromatic nitrogens is 1. The summed E-state index contributed by atoms with van der Waals surface area (Å²) in [6, 6.07) is 13.8. The summed E-state index contributed by atoms with van der Waals surface area (Å²) in [6.07, 6.45) is 1.52. The third kappa shape index (κ3) is 3.15. The van der Waals surface area contributed by atoms with Crippen molar-refractivity contribution in [3.63, 3.8) is 0 Å². The van der Waals surface area contributed by atoms with Crippen LogP contribution in [0.1, 0.15) is 18.5 Å². The molecule has 1 heterocycles. The van der Waals surface area contributed by atoms with E-state index in [2.05, 4.69) is 20.9 Å². The Morgan fingerprint density at radius 3 is 2.52 bits per heavy atom. The third-order valence-electron chi connectivity index (χ3n) is 4.27. The van der Waals surface area contributed by atoms with Crippen molar-refractivity contribution >= 4 is 36.9 Å². The number of fused-ring (bicyclic) bond motifs is 1. The molecule has 1 unspecified atom stereocenters. The molecule has 0 amide bonds. The van der Waals surface area contributed by atoms with Gasteiger partial charge in [0.1, 0.15) is 5.52 Å². The van der Waals surface area contributed by atoms with Crippen LogP contribution in [0.15, 0.2) is 64.1 Å². The minimum absolute atomic E-state index is 0.0756. The topological polar surface area (TPSA) is 70.5 Å². The molecule has 0 bridgehead atoms. The van der Waals surface area contributed by atoms with Crippen LogP contribution in [0.4, 0.5) is 0 Å². The van der Waals surface area contributed by atoms with Gasteiger partial charge in [-0.3, -0.25) is 4.98 Å². The lowest BCUT2D eigenvalue weighted by Gasteiger charge is -2.25. The predicted molar refractivity (Wildman–Crippen MR) is 101 cm³/mol.